The lowest BCUT2D eigenvalue weighted by molar-refractivity contribution is -0.384. The fourth-order valence-corrected chi connectivity index (χ4v) is 1.58. The Balaban J connectivity index is 2.16. The monoisotopic (exact) mass is 288 g/mol. The lowest BCUT2D eigenvalue weighted by atomic mass is 10.2. The van der Waals surface area contributed by atoms with Crippen molar-refractivity contribution in [2.24, 2.45) is 0 Å². The number of nitrogens with one attached hydrogen (secondary N) is 1. The number of benzene rings is 1. The minimum atomic E-state index is -0.534. The standard InChI is InChI=1S/C13H12N4O4/c1-2-21-12-7-11(14-8-15-12)13(18)16-9-4-3-5-10(6-9)17(19)20/h3-8H,2H2,1H3,(H,16,18). The van der Waals surface area contributed by atoms with Crippen LogP contribution in [0.5, 0.6) is 5.88 Å². The van der Waals surface area contributed by atoms with Crippen molar-refractivity contribution >= 4 is 17.3 Å². The molecule has 0 spiro atoms. The first-order chi connectivity index (χ1) is 10.1. The van der Waals surface area contributed by atoms with E-state index in [1.54, 1.807) is 13.0 Å². The van der Waals surface area contributed by atoms with Crippen LogP contribution < -0.4 is 10.1 Å². The van der Waals surface area contributed by atoms with Gasteiger partial charge in [-0.25, -0.2) is 9.97 Å². The molecule has 0 bridgehead atoms. The molecule has 0 unspecified atom stereocenters. The number of hydrogen-bond acceptors (Lipinski definition) is 6. The van der Waals surface area contributed by atoms with Crippen LogP contribution in [-0.4, -0.2) is 27.4 Å². The number of amides is 1. The molecule has 21 heavy (non-hydrogen) atoms. The summed E-state index contributed by atoms with van der Waals surface area (Å²) in [6.07, 6.45) is 1.22. The van der Waals surface area contributed by atoms with Crippen LogP contribution in [0.4, 0.5) is 11.4 Å². The van der Waals surface area contributed by atoms with E-state index in [1.807, 2.05) is 0 Å². The second kappa shape index (κ2) is 6.42. The molecule has 1 N–H and O–H groups in total. The molecule has 0 aliphatic carbocycles. The van der Waals surface area contributed by atoms with E-state index in [-0.39, 0.29) is 17.3 Å². The first-order valence-electron chi connectivity index (χ1n) is 6.11. The Morgan fingerprint density at radius 2 is 2.19 bits per heavy atom. The number of nitro benzene ring substituents is 1. The fraction of sp³-hybridized carbons (Fsp3) is 0.154. The number of hydrogen-bond donors (Lipinski definition) is 1. The van der Waals surface area contributed by atoms with Gasteiger partial charge in [0.25, 0.3) is 11.6 Å². The van der Waals surface area contributed by atoms with Gasteiger partial charge in [0.15, 0.2) is 0 Å². The van der Waals surface area contributed by atoms with Gasteiger partial charge in [-0.15, -0.1) is 0 Å². The van der Waals surface area contributed by atoms with Crippen LogP contribution in [0.15, 0.2) is 36.7 Å². The summed E-state index contributed by atoms with van der Waals surface area (Å²) < 4.78 is 5.18. The van der Waals surface area contributed by atoms with E-state index in [4.69, 9.17) is 4.74 Å². The van der Waals surface area contributed by atoms with Crippen LogP contribution in [-0.2, 0) is 0 Å². The molecule has 1 aromatic carbocycles. The van der Waals surface area contributed by atoms with E-state index >= 15 is 0 Å². The Kier molecular flexibility index (Phi) is 4.39. The summed E-state index contributed by atoms with van der Waals surface area (Å²) in [7, 11) is 0. The fourth-order valence-electron chi connectivity index (χ4n) is 1.58. The van der Waals surface area contributed by atoms with Crippen molar-refractivity contribution in [1.82, 2.24) is 9.97 Å². The normalized spacial score (nSPS) is 9.95. The molecule has 0 aliphatic rings. The van der Waals surface area contributed by atoms with Gasteiger partial charge in [-0.2, -0.15) is 0 Å². The molecule has 8 nitrogen and oxygen atoms in total. The number of rotatable bonds is 5. The third-order valence-electron chi connectivity index (χ3n) is 2.48. The Hall–Kier alpha value is -3.03. The van der Waals surface area contributed by atoms with Crippen molar-refractivity contribution in [3.05, 3.63) is 52.5 Å². The first-order valence-corrected chi connectivity index (χ1v) is 6.11. The Morgan fingerprint density at radius 3 is 2.90 bits per heavy atom. The average molecular weight is 288 g/mol. The van der Waals surface area contributed by atoms with Crippen molar-refractivity contribution in [2.75, 3.05) is 11.9 Å². The molecular weight excluding hydrogens is 276 g/mol. The van der Waals surface area contributed by atoms with Gasteiger partial charge in [0, 0.05) is 23.9 Å². The van der Waals surface area contributed by atoms with Crippen molar-refractivity contribution in [1.29, 1.82) is 0 Å². The highest BCUT2D eigenvalue weighted by molar-refractivity contribution is 6.03. The SMILES string of the molecule is CCOc1cc(C(=O)Nc2cccc([N+](=O)[O-])c2)ncn1. The minimum Gasteiger partial charge on any atom is -0.478 e. The molecule has 0 atom stereocenters. The largest absolute Gasteiger partial charge is 0.478 e. The Labute approximate surface area is 120 Å². The first kappa shape index (κ1) is 14.4. The quantitative estimate of drug-likeness (QED) is 0.666. The van der Waals surface area contributed by atoms with Crippen LogP contribution >= 0.6 is 0 Å². The van der Waals surface area contributed by atoms with Gasteiger partial charge in [-0.3, -0.25) is 14.9 Å². The van der Waals surface area contributed by atoms with Gasteiger partial charge in [-0.05, 0) is 13.0 Å². The molecule has 0 fully saturated rings. The second-order valence-electron chi connectivity index (χ2n) is 3.94. The van der Waals surface area contributed by atoms with Crippen LogP contribution in [0.2, 0.25) is 0 Å². The zero-order valence-electron chi connectivity index (χ0n) is 11.1. The van der Waals surface area contributed by atoms with Crippen molar-refractivity contribution in [2.45, 2.75) is 6.92 Å². The van der Waals surface area contributed by atoms with Crippen LogP contribution in [0, 0.1) is 10.1 Å². The molecule has 108 valence electrons. The second-order valence-corrected chi connectivity index (χ2v) is 3.94. The van der Waals surface area contributed by atoms with Crippen LogP contribution in [0.3, 0.4) is 0 Å². The summed E-state index contributed by atoms with van der Waals surface area (Å²) in [6.45, 7) is 2.22. The van der Waals surface area contributed by atoms with Gasteiger partial charge in [-0.1, -0.05) is 6.07 Å². The van der Waals surface area contributed by atoms with E-state index < -0.39 is 10.8 Å². The molecule has 2 rings (SSSR count). The predicted molar refractivity (Wildman–Crippen MR) is 74.3 cm³/mol. The highest BCUT2D eigenvalue weighted by atomic mass is 16.6. The van der Waals surface area contributed by atoms with Gasteiger partial charge in [0.05, 0.1) is 11.5 Å². The summed E-state index contributed by atoms with van der Waals surface area (Å²) >= 11 is 0. The maximum Gasteiger partial charge on any atom is 0.274 e. The maximum atomic E-state index is 12.0. The molecule has 0 saturated carbocycles. The van der Waals surface area contributed by atoms with Gasteiger partial charge in [0.2, 0.25) is 5.88 Å². The number of nitro groups is 1. The van der Waals surface area contributed by atoms with E-state index in [1.165, 1.54) is 30.6 Å². The molecule has 0 saturated heterocycles. The smallest absolute Gasteiger partial charge is 0.274 e. The van der Waals surface area contributed by atoms with Gasteiger partial charge in [0.1, 0.15) is 12.0 Å². The summed E-state index contributed by atoms with van der Waals surface area (Å²) in [6, 6.07) is 7.04. The minimum absolute atomic E-state index is 0.106. The zero-order chi connectivity index (χ0) is 15.2. The van der Waals surface area contributed by atoms with Crippen LogP contribution in [0.1, 0.15) is 17.4 Å². The summed E-state index contributed by atoms with van der Waals surface area (Å²) in [5.41, 5.74) is 0.316. The van der Waals surface area contributed by atoms with Gasteiger partial charge >= 0.3 is 0 Å². The number of ether oxygens (including phenoxy) is 1. The molecule has 0 aliphatic heterocycles. The average Bonchev–Trinajstić information content (AvgIpc) is 2.48. The number of carbonyl (C=O) groups is 1. The molecule has 0 radical (unpaired) electrons. The number of carbonyl (C=O) groups excluding carboxylic acids is 1. The third-order valence-corrected chi connectivity index (χ3v) is 2.48. The lowest BCUT2D eigenvalue weighted by Gasteiger charge is -2.06. The predicted octanol–water partition coefficient (Wildman–Crippen LogP) is 2.04. The summed E-state index contributed by atoms with van der Waals surface area (Å²) in [5.74, 6) is -0.212. The summed E-state index contributed by atoms with van der Waals surface area (Å²) in [5, 5.41) is 13.2. The van der Waals surface area contributed by atoms with Gasteiger partial charge < -0.3 is 10.1 Å². The molecule has 1 aromatic heterocycles. The Morgan fingerprint density at radius 1 is 1.38 bits per heavy atom. The lowest BCUT2D eigenvalue weighted by Crippen LogP contribution is -2.14. The Bertz CT molecular complexity index is 675. The number of aromatic nitrogens is 2. The van der Waals surface area contributed by atoms with Crippen LogP contribution in [0.25, 0.3) is 0 Å². The number of nitrogens with zero attached hydrogens (tertiary/aromatic N) is 3. The van der Waals surface area contributed by atoms with Crippen molar-refractivity contribution < 1.29 is 14.5 Å². The van der Waals surface area contributed by atoms with E-state index in [0.717, 1.165) is 0 Å². The number of anilines is 1. The molecule has 1 amide bonds. The topological polar surface area (TPSA) is 107 Å². The highest BCUT2D eigenvalue weighted by Gasteiger charge is 2.12. The molecule has 2 aromatic rings. The van der Waals surface area contributed by atoms with Crippen molar-refractivity contribution in [3.63, 3.8) is 0 Å². The number of non-ortho nitro benzene ring substituents is 1. The molecule has 8 heteroatoms. The molecule has 1 heterocycles. The third kappa shape index (κ3) is 3.72. The van der Waals surface area contributed by atoms with E-state index in [0.29, 0.717) is 12.3 Å². The zero-order valence-corrected chi connectivity index (χ0v) is 11.1. The highest BCUT2D eigenvalue weighted by Crippen LogP contribution is 2.18. The van der Waals surface area contributed by atoms with E-state index in [2.05, 4.69) is 15.3 Å². The molecular formula is C13H12N4O4. The maximum absolute atomic E-state index is 12.0. The van der Waals surface area contributed by atoms with Crippen molar-refractivity contribution in [3.8, 4) is 5.88 Å². The summed E-state index contributed by atoms with van der Waals surface area (Å²) in [4.78, 5) is 29.9. The van der Waals surface area contributed by atoms with E-state index in [9.17, 15) is 14.9 Å².